The first-order valence-electron chi connectivity index (χ1n) is 8.49. The normalized spacial score (nSPS) is 12.3. The van der Waals surface area contributed by atoms with Crippen LogP contribution >= 0.6 is 0 Å². The number of urea groups is 1. The molecule has 0 spiro atoms. The average Bonchev–Trinajstić information content (AvgIpc) is 2.63. The van der Waals surface area contributed by atoms with Crippen molar-refractivity contribution in [3.8, 4) is 0 Å². The van der Waals surface area contributed by atoms with Gasteiger partial charge in [-0.15, -0.1) is 0 Å². The minimum Gasteiger partial charge on any atom is -0.454 e. The van der Waals surface area contributed by atoms with Crippen LogP contribution in [0.15, 0.2) is 35.2 Å². The lowest BCUT2D eigenvalue weighted by Gasteiger charge is -2.20. The Morgan fingerprint density at radius 1 is 1.11 bits per heavy atom. The maximum absolute atomic E-state index is 12.4. The van der Waals surface area contributed by atoms with E-state index in [2.05, 4.69) is 10.0 Å². The third kappa shape index (κ3) is 7.75. The number of rotatable bonds is 9. The Kier molecular flexibility index (Phi) is 8.89. The molecule has 0 aliphatic heterocycles. The van der Waals surface area contributed by atoms with Crippen molar-refractivity contribution < 1.29 is 27.5 Å². The lowest BCUT2D eigenvalue weighted by Crippen LogP contribution is -2.47. The Balaban J connectivity index is 2.66. The first kappa shape index (κ1) is 22.6. The summed E-state index contributed by atoms with van der Waals surface area (Å²) in [5.41, 5.74) is 0. The second-order valence-corrected chi connectivity index (χ2v) is 7.78. The number of carbonyl (C=O) groups excluding carboxylic acids is 3. The fourth-order valence-corrected chi connectivity index (χ4v) is 3.32. The standard InChI is InChI=1S/C17H25N3O6S/c1-4-10-18-17(23)19-14(21)11-26-16(22)15(12(2)3)20-27(24,25)13-8-6-5-7-9-13/h5-9,12,15,20H,4,10-11H2,1-3H3,(H2,18,19,21,23). The quantitative estimate of drug-likeness (QED) is 0.526. The highest BCUT2D eigenvalue weighted by Gasteiger charge is 2.30. The summed E-state index contributed by atoms with van der Waals surface area (Å²) in [5, 5.41) is 4.45. The predicted octanol–water partition coefficient (Wildman–Crippen LogP) is 0.769. The van der Waals surface area contributed by atoms with E-state index in [0.717, 1.165) is 0 Å². The van der Waals surface area contributed by atoms with Gasteiger partial charge in [-0.1, -0.05) is 39.0 Å². The molecule has 0 aliphatic carbocycles. The minimum absolute atomic E-state index is 0.00814. The molecule has 0 saturated heterocycles. The largest absolute Gasteiger partial charge is 0.454 e. The van der Waals surface area contributed by atoms with E-state index < -0.39 is 46.5 Å². The monoisotopic (exact) mass is 399 g/mol. The van der Waals surface area contributed by atoms with Gasteiger partial charge in [0.2, 0.25) is 10.0 Å². The molecule has 27 heavy (non-hydrogen) atoms. The SMILES string of the molecule is CCCNC(=O)NC(=O)COC(=O)C(NS(=O)(=O)c1ccccc1)C(C)C. The molecule has 0 fully saturated rings. The maximum atomic E-state index is 12.4. The van der Waals surface area contributed by atoms with Crippen LogP contribution in [0.4, 0.5) is 4.79 Å². The molecule has 3 N–H and O–H groups in total. The van der Waals surface area contributed by atoms with Crippen molar-refractivity contribution >= 4 is 27.9 Å². The minimum atomic E-state index is -3.93. The summed E-state index contributed by atoms with van der Waals surface area (Å²) in [6.45, 7) is 4.83. The van der Waals surface area contributed by atoms with E-state index in [0.29, 0.717) is 13.0 Å². The molecule has 150 valence electrons. The summed E-state index contributed by atoms with van der Waals surface area (Å²) in [7, 11) is -3.93. The molecule has 1 aromatic carbocycles. The molecule has 10 heteroatoms. The number of amides is 3. The van der Waals surface area contributed by atoms with Gasteiger partial charge in [-0.3, -0.25) is 14.9 Å². The van der Waals surface area contributed by atoms with Crippen LogP contribution < -0.4 is 15.4 Å². The third-order valence-electron chi connectivity index (χ3n) is 3.39. The Morgan fingerprint density at radius 2 is 1.74 bits per heavy atom. The van der Waals surface area contributed by atoms with Crippen LogP contribution in [-0.2, 0) is 24.3 Å². The van der Waals surface area contributed by atoms with Gasteiger partial charge in [0.15, 0.2) is 6.61 Å². The summed E-state index contributed by atoms with van der Waals surface area (Å²) in [6, 6.07) is 5.71. The van der Waals surface area contributed by atoms with Crippen LogP contribution in [0.25, 0.3) is 0 Å². The van der Waals surface area contributed by atoms with Crippen molar-refractivity contribution in [3.05, 3.63) is 30.3 Å². The first-order valence-corrected chi connectivity index (χ1v) is 9.97. The molecule has 3 amide bonds. The third-order valence-corrected chi connectivity index (χ3v) is 4.85. The number of hydrogen-bond acceptors (Lipinski definition) is 6. The number of hydrogen-bond donors (Lipinski definition) is 3. The molecule has 1 atom stereocenters. The Hall–Kier alpha value is -2.46. The molecular weight excluding hydrogens is 374 g/mol. The van der Waals surface area contributed by atoms with Gasteiger partial charge in [0.25, 0.3) is 5.91 Å². The molecular formula is C17H25N3O6S. The van der Waals surface area contributed by atoms with E-state index >= 15 is 0 Å². The van der Waals surface area contributed by atoms with Crippen molar-refractivity contribution in [1.82, 2.24) is 15.4 Å². The molecule has 0 aliphatic rings. The van der Waals surface area contributed by atoms with E-state index in [-0.39, 0.29) is 4.90 Å². The van der Waals surface area contributed by atoms with Crippen molar-refractivity contribution in [2.45, 2.75) is 38.1 Å². The van der Waals surface area contributed by atoms with Crippen LogP contribution in [0.1, 0.15) is 27.2 Å². The van der Waals surface area contributed by atoms with E-state index in [4.69, 9.17) is 4.74 Å². The zero-order valence-electron chi connectivity index (χ0n) is 15.5. The molecule has 0 radical (unpaired) electrons. The van der Waals surface area contributed by atoms with Gasteiger partial charge in [-0.25, -0.2) is 13.2 Å². The Labute approximate surface area is 158 Å². The van der Waals surface area contributed by atoms with Gasteiger partial charge in [0, 0.05) is 6.54 Å². The first-order chi connectivity index (χ1) is 12.7. The predicted molar refractivity (Wildman–Crippen MR) is 98.2 cm³/mol. The van der Waals surface area contributed by atoms with Crippen LogP contribution in [0.2, 0.25) is 0 Å². The van der Waals surface area contributed by atoms with Crippen molar-refractivity contribution in [1.29, 1.82) is 0 Å². The second kappa shape index (κ2) is 10.6. The zero-order chi connectivity index (χ0) is 20.4. The molecule has 1 rings (SSSR count). The number of nitrogens with one attached hydrogen (secondary N) is 3. The van der Waals surface area contributed by atoms with E-state index in [1.54, 1.807) is 32.0 Å². The Bertz CT molecular complexity index is 749. The smallest absolute Gasteiger partial charge is 0.324 e. The number of sulfonamides is 1. The zero-order valence-corrected chi connectivity index (χ0v) is 16.3. The molecule has 0 saturated carbocycles. The Morgan fingerprint density at radius 3 is 2.30 bits per heavy atom. The van der Waals surface area contributed by atoms with Gasteiger partial charge in [0.1, 0.15) is 6.04 Å². The lowest BCUT2D eigenvalue weighted by atomic mass is 10.1. The highest BCUT2D eigenvalue weighted by atomic mass is 32.2. The molecule has 9 nitrogen and oxygen atoms in total. The van der Waals surface area contributed by atoms with Crippen LogP contribution in [0.5, 0.6) is 0 Å². The highest BCUT2D eigenvalue weighted by Crippen LogP contribution is 2.12. The lowest BCUT2D eigenvalue weighted by molar-refractivity contribution is -0.150. The fourth-order valence-electron chi connectivity index (χ4n) is 1.96. The molecule has 0 bridgehead atoms. The molecule has 0 aromatic heterocycles. The van der Waals surface area contributed by atoms with Crippen molar-refractivity contribution in [2.75, 3.05) is 13.2 Å². The van der Waals surface area contributed by atoms with Gasteiger partial charge < -0.3 is 10.1 Å². The van der Waals surface area contributed by atoms with E-state index in [1.165, 1.54) is 12.1 Å². The molecule has 1 unspecified atom stereocenters. The van der Waals surface area contributed by atoms with Gasteiger partial charge in [-0.05, 0) is 24.5 Å². The number of carbonyl (C=O) groups is 3. The number of benzene rings is 1. The van der Waals surface area contributed by atoms with Gasteiger partial charge in [-0.2, -0.15) is 4.72 Å². The maximum Gasteiger partial charge on any atom is 0.324 e. The van der Waals surface area contributed by atoms with Crippen molar-refractivity contribution in [3.63, 3.8) is 0 Å². The summed E-state index contributed by atoms with van der Waals surface area (Å²) in [6.07, 6.45) is 0.703. The van der Waals surface area contributed by atoms with Crippen molar-refractivity contribution in [2.24, 2.45) is 5.92 Å². The van der Waals surface area contributed by atoms with E-state index in [9.17, 15) is 22.8 Å². The van der Waals surface area contributed by atoms with Crippen LogP contribution in [-0.4, -0.2) is 45.5 Å². The van der Waals surface area contributed by atoms with Crippen LogP contribution in [0.3, 0.4) is 0 Å². The fraction of sp³-hybridized carbons (Fsp3) is 0.471. The van der Waals surface area contributed by atoms with Crippen LogP contribution in [0, 0.1) is 5.92 Å². The summed E-state index contributed by atoms with van der Waals surface area (Å²) in [5.74, 6) is -2.15. The molecule has 0 heterocycles. The summed E-state index contributed by atoms with van der Waals surface area (Å²) >= 11 is 0. The average molecular weight is 399 g/mol. The van der Waals surface area contributed by atoms with E-state index in [1.807, 2.05) is 12.2 Å². The number of esters is 1. The molecule has 1 aromatic rings. The van der Waals surface area contributed by atoms with Gasteiger partial charge in [0.05, 0.1) is 4.90 Å². The summed E-state index contributed by atoms with van der Waals surface area (Å²) in [4.78, 5) is 35.2. The number of imide groups is 1. The van der Waals surface area contributed by atoms with Gasteiger partial charge >= 0.3 is 12.0 Å². The highest BCUT2D eigenvalue weighted by molar-refractivity contribution is 7.89. The topological polar surface area (TPSA) is 131 Å². The second-order valence-electron chi connectivity index (χ2n) is 6.07. The number of ether oxygens (including phenoxy) is 1. The summed E-state index contributed by atoms with van der Waals surface area (Å²) < 4.78 is 31.9.